The summed E-state index contributed by atoms with van der Waals surface area (Å²) < 4.78 is 27.3. The largest absolute Gasteiger partial charge is 0.395 e. The second kappa shape index (κ2) is 9.02. The molecule has 1 saturated carbocycles. The van der Waals surface area contributed by atoms with E-state index in [4.69, 9.17) is 0 Å². The maximum atomic E-state index is 13.7. The van der Waals surface area contributed by atoms with Crippen molar-refractivity contribution in [3.8, 4) is 11.8 Å². The minimum Gasteiger partial charge on any atom is -0.395 e. The van der Waals surface area contributed by atoms with E-state index >= 15 is 0 Å². The van der Waals surface area contributed by atoms with Crippen molar-refractivity contribution in [3.63, 3.8) is 0 Å². The number of unbranched alkanes of at least 4 members (excludes halogenated alkanes) is 2. The summed E-state index contributed by atoms with van der Waals surface area (Å²) in [5, 5.41) is 9.88. The zero-order chi connectivity index (χ0) is 21.2. The van der Waals surface area contributed by atoms with Crippen LogP contribution in [0, 0.1) is 17.8 Å². The van der Waals surface area contributed by atoms with Crippen molar-refractivity contribution in [2.24, 2.45) is 5.92 Å². The van der Waals surface area contributed by atoms with Crippen LogP contribution in [-0.4, -0.2) is 47.9 Å². The summed E-state index contributed by atoms with van der Waals surface area (Å²) in [6.07, 6.45) is 10.4. The molecule has 2 saturated heterocycles. The summed E-state index contributed by atoms with van der Waals surface area (Å²) in [4.78, 5) is 2.77. The lowest BCUT2D eigenvalue weighted by atomic mass is 9.66. The zero-order valence-electron chi connectivity index (χ0n) is 18.1. The van der Waals surface area contributed by atoms with Crippen molar-refractivity contribution in [2.45, 2.75) is 98.9 Å². The smallest absolute Gasteiger partial charge is 0.182 e. The molecule has 1 aliphatic carbocycles. The first-order valence-corrected chi connectivity index (χ1v) is 13.3. The van der Waals surface area contributed by atoms with Gasteiger partial charge in [0.05, 0.1) is 28.8 Å². The van der Waals surface area contributed by atoms with Crippen molar-refractivity contribution in [2.75, 3.05) is 6.61 Å². The molecule has 1 spiro atoms. The summed E-state index contributed by atoms with van der Waals surface area (Å²) >= 11 is 0. The Bertz CT molecular complexity index is 888. The van der Waals surface area contributed by atoms with Gasteiger partial charge in [-0.2, -0.15) is 0 Å². The van der Waals surface area contributed by atoms with Crippen molar-refractivity contribution < 1.29 is 13.5 Å². The van der Waals surface area contributed by atoms with Crippen LogP contribution >= 0.6 is 0 Å². The van der Waals surface area contributed by atoms with Crippen molar-refractivity contribution >= 4 is 9.84 Å². The van der Waals surface area contributed by atoms with Gasteiger partial charge in [0, 0.05) is 12.0 Å². The Balaban J connectivity index is 1.73. The van der Waals surface area contributed by atoms with Gasteiger partial charge in [-0.1, -0.05) is 50.3 Å². The van der Waals surface area contributed by atoms with Crippen LogP contribution in [0.3, 0.4) is 0 Å². The molecular weight excluding hydrogens is 394 g/mol. The van der Waals surface area contributed by atoms with Crippen LogP contribution in [0.15, 0.2) is 35.2 Å². The number of nitrogens with zero attached hydrogens (tertiary/aromatic N) is 1. The predicted octanol–water partition coefficient (Wildman–Crippen LogP) is 4.18. The average Bonchev–Trinajstić information content (AvgIpc) is 3.12. The molecule has 0 unspecified atom stereocenters. The zero-order valence-corrected chi connectivity index (χ0v) is 18.9. The van der Waals surface area contributed by atoms with Gasteiger partial charge in [-0.3, -0.25) is 4.90 Å². The fourth-order valence-corrected chi connectivity index (χ4v) is 8.38. The first-order chi connectivity index (χ1) is 14.5. The SMILES string of the molecule is CCCCC#C[C@H]1CC[C@@H]2CCCC[C@]23C[C@@H](S(=O)(=O)c2ccccc2)[C@H](CO)N13. The fourth-order valence-electron chi connectivity index (χ4n) is 6.36. The Morgan fingerprint density at radius 1 is 1.17 bits per heavy atom. The highest BCUT2D eigenvalue weighted by Crippen LogP contribution is 2.55. The highest BCUT2D eigenvalue weighted by molar-refractivity contribution is 7.92. The summed E-state index contributed by atoms with van der Waals surface area (Å²) in [5.41, 5.74) is -0.124. The van der Waals surface area contributed by atoms with Gasteiger partial charge in [0.15, 0.2) is 9.84 Å². The van der Waals surface area contributed by atoms with Gasteiger partial charge < -0.3 is 5.11 Å². The summed E-state index contributed by atoms with van der Waals surface area (Å²) in [7, 11) is -3.52. The summed E-state index contributed by atoms with van der Waals surface area (Å²) in [6, 6.07) is 8.49. The van der Waals surface area contributed by atoms with Crippen LogP contribution in [-0.2, 0) is 9.84 Å². The second-order valence-corrected chi connectivity index (χ2v) is 11.5. The molecule has 2 aliphatic heterocycles. The Kier molecular flexibility index (Phi) is 6.58. The fraction of sp³-hybridized carbons (Fsp3) is 0.680. The highest BCUT2D eigenvalue weighted by atomic mass is 32.2. The van der Waals surface area contributed by atoms with E-state index in [0.717, 1.165) is 44.9 Å². The lowest BCUT2D eigenvalue weighted by Gasteiger charge is -2.54. The third-order valence-corrected chi connectivity index (χ3v) is 9.94. The number of piperidine rings is 1. The Morgan fingerprint density at radius 3 is 2.70 bits per heavy atom. The van der Waals surface area contributed by atoms with Gasteiger partial charge in [-0.25, -0.2) is 8.42 Å². The molecule has 1 aromatic carbocycles. The third-order valence-electron chi connectivity index (χ3n) is 7.73. The van der Waals surface area contributed by atoms with Gasteiger partial charge in [-0.15, -0.1) is 5.92 Å². The van der Waals surface area contributed by atoms with Gasteiger partial charge in [0.1, 0.15) is 0 Å². The van der Waals surface area contributed by atoms with E-state index in [1.807, 2.05) is 6.07 Å². The van der Waals surface area contributed by atoms with E-state index in [9.17, 15) is 13.5 Å². The van der Waals surface area contributed by atoms with Crippen LogP contribution in [0.25, 0.3) is 0 Å². The molecule has 0 amide bonds. The van der Waals surface area contributed by atoms with E-state index < -0.39 is 15.1 Å². The van der Waals surface area contributed by atoms with E-state index in [2.05, 4.69) is 23.7 Å². The molecule has 3 fully saturated rings. The number of sulfone groups is 1. The minimum atomic E-state index is -3.52. The van der Waals surface area contributed by atoms with Crippen molar-refractivity contribution in [1.82, 2.24) is 4.90 Å². The number of aliphatic hydroxyl groups excluding tert-OH is 1. The third kappa shape index (κ3) is 3.72. The number of aliphatic hydroxyl groups is 1. The van der Waals surface area contributed by atoms with Crippen LogP contribution in [0.4, 0.5) is 0 Å². The van der Waals surface area contributed by atoms with Crippen LogP contribution in [0.2, 0.25) is 0 Å². The van der Waals surface area contributed by atoms with Crippen molar-refractivity contribution in [1.29, 1.82) is 0 Å². The monoisotopic (exact) mass is 429 g/mol. The first-order valence-electron chi connectivity index (χ1n) is 11.7. The molecule has 1 aromatic rings. The van der Waals surface area contributed by atoms with Gasteiger partial charge in [0.25, 0.3) is 0 Å². The standard InChI is InChI=1S/C25H35NO3S/c1-2-3-4-6-12-21-16-15-20-11-9-10-17-25(20)18-24(23(19-27)26(21)25)30(28,29)22-13-7-5-8-14-22/h5,7-8,13-14,20-21,23-24,27H,2-4,9-11,15-19H2,1H3/t20-,21-,23-,24+,25-/m0/s1. The van der Waals surface area contributed by atoms with Gasteiger partial charge >= 0.3 is 0 Å². The van der Waals surface area contributed by atoms with E-state index in [-0.39, 0.29) is 24.2 Å². The lowest BCUT2D eigenvalue weighted by Crippen LogP contribution is -2.61. The Hall–Kier alpha value is -1.35. The maximum Gasteiger partial charge on any atom is 0.182 e. The molecule has 30 heavy (non-hydrogen) atoms. The van der Waals surface area contributed by atoms with Crippen LogP contribution in [0.1, 0.15) is 71.1 Å². The summed E-state index contributed by atoms with van der Waals surface area (Å²) in [5.74, 6) is 7.39. The van der Waals surface area contributed by atoms with Gasteiger partial charge in [-0.05, 0) is 56.6 Å². The number of hydrogen-bond acceptors (Lipinski definition) is 4. The lowest BCUT2D eigenvalue weighted by molar-refractivity contribution is -0.0512. The topological polar surface area (TPSA) is 57.6 Å². The molecule has 164 valence electrons. The van der Waals surface area contributed by atoms with Gasteiger partial charge in [0.2, 0.25) is 0 Å². The molecule has 0 aromatic heterocycles. The minimum absolute atomic E-state index is 0.0596. The normalized spacial score (nSPS) is 33.9. The predicted molar refractivity (Wildman–Crippen MR) is 120 cm³/mol. The molecule has 4 rings (SSSR count). The molecule has 0 radical (unpaired) electrons. The molecule has 5 heteroatoms. The average molecular weight is 430 g/mol. The second-order valence-electron chi connectivity index (χ2n) is 9.32. The molecule has 0 bridgehead atoms. The molecule has 3 aliphatic rings. The van der Waals surface area contributed by atoms with E-state index in [0.29, 0.717) is 17.2 Å². The van der Waals surface area contributed by atoms with Crippen LogP contribution in [0.5, 0.6) is 0 Å². The molecule has 2 heterocycles. The summed E-state index contributed by atoms with van der Waals surface area (Å²) in [6.45, 7) is 2.05. The molecule has 4 nitrogen and oxygen atoms in total. The Morgan fingerprint density at radius 2 is 1.97 bits per heavy atom. The quantitative estimate of drug-likeness (QED) is 0.563. The number of hydrogen-bond donors (Lipinski definition) is 1. The first kappa shape index (κ1) is 21.9. The van der Waals surface area contributed by atoms with Crippen molar-refractivity contribution in [3.05, 3.63) is 30.3 Å². The maximum absolute atomic E-state index is 13.7. The number of benzene rings is 1. The van der Waals surface area contributed by atoms with Crippen LogP contribution < -0.4 is 0 Å². The molecule has 1 N–H and O–H groups in total. The van der Waals surface area contributed by atoms with E-state index in [1.165, 1.54) is 12.8 Å². The molecular formula is C25H35NO3S. The van der Waals surface area contributed by atoms with E-state index in [1.54, 1.807) is 24.3 Å². The highest BCUT2D eigenvalue weighted by Gasteiger charge is 2.62. The Labute approximate surface area is 182 Å². The number of rotatable bonds is 5. The molecule has 5 atom stereocenters.